The lowest BCUT2D eigenvalue weighted by atomic mass is 9.69. The molecule has 0 saturated carbocycles. The summed E-state index contributed by atoms with van der Waals surface area (Å²) in [6.45, 7) is 3.08. The first-order valence-corrected chi connectivity index (χ1v) is 5.96. The van der Waals surface area contributed by atoms with E-state index in [2.05, 4.69) is 0 Å². The molecule has 1 aromatic carbocycles. The highest BCUT2D eigenvalue weighted by atomic mass is 35.5. The first kappa shape index (κ1) is 14.5. The Morgan fingerprint density at radius 1 is 1.28 bits per heavy atom. The van der Waals surface area contributed by atoms with E-state index in [4.69, 9.17) is 16.7 Å². The molecule has 1 aromatic rings. The summed E-state index contributed by atoms with van der Waals surface area (Å²) in [6, 6.07) is 6.27. The van der Waals surface area contributed by atoms with Crippen LogP contribution in [0.2, 0.25) is 5.02 Å². The van der Waals surface area contributed by atoms with Gasteiger partial charge in [-0.25, -0.2) is 0 Å². The van der Waals surface area contributed by atoms with E-state index in [0.717, 1.165) is 0 Å². The maximum Gasteiger partial charge on any atom is 0.314 e. The van der Waals surface area contributed by atoms with Gasteiger partial charge in [-0.3, -0.25) is 9.59 Å². The number of carboxylic acids is 2. The molecular formula is C13H15ClO4. The van der Waals surface area contributed by atoms with E-state index < -0.39 is 23.3 Å². The summed E-state index contributed by atoms with van der Waals surface area (Å²) in [5, 5.41) is 19.1. The van der Waals surface area contributed by atoms with Crippen molar-refractivity contribution in [2.24, 2.45) is 5.92 Å². The van der Waals surface area contributed by atoms with Crippen molar-refractivity contribution in [3.63, 3.8) is 0 Å². The molecule has 0 amide bonds. The van der Waals surface area contributed by atoms with E-state index in [1.807, 2.05) is 0 Å². The maximum atomic E-state index is 11.6. The number of carboxylic acid groups (broad SMARTS) is 2. The zero-order chi connectivity index (χ0) is 13.9. The van der Waals surface area contributed by atoms with Gasteiger partial charge in [-0.1, -0.05) is 37.6 Å². The zero-order valence-electron chi connectivity index (χ0n) is 10.2. The topological polar surface area (TPSA) is 74.6 Å². The summed E-state index contributed by atoms with van der Waals surface area (Å²) < 4.78 is 0. The standard InChI is InChI=1S/C13H15ClO4/c1-3-13(12(17)18,8(2)11(15)16)9-4-6-10(14)7-5-9/h4-8H,3H2,1-2H3,(H,15,16)(H,17,18)/t8?,13-/m0/s1. The molecular weight excluding hydrogens is 256 g/mol. The molecule has 0 heterocycles. The average molecular weight is 271 g/mol. The molecule has 0 aliphatic carbocycles. The number of benzene rings is 1. The summed E-state index contributed by atoms with van der Waals surface area (Å²) in [6.07, 6.45) is 0.192. The second kappa shape index (κ2) is 5.40. The van der Waals surface area contributed by atoms with Crippen LogP contribution in [0.25, 0.3) is 0 Å². The van der Waals surface area contributed by atoms with Crippen molar-refractivity contribution in [2.45, 2.75) is 25.7 Å². The lowest BCUT2D eigenvalue weighted by Crippen LogP contribution is -2.44. The number of aliphatic carboxylic acids is 2. The minimum Gasteiger partial charge on any atom is -0.481 e. The Kier molecular flexibility index (Phi) is 4.35. The van der Waals surface area contributed by atoms with Crippen molar-refractivity contribution in [1.29, 1.82) is 0 Å². The Morgan fingerprint density at radius 2 is 1.78 bits per heavy atom. The third-order valence-electron chi connectivity index (χ3n) is 3.41. The molecule has 0 radical (unpaired) electrons. The van der Waals surface area contributed by atoms with Crippen LogP contribution in [0, 0.1) is 5.92 Å². The fraction of sp³-hybridized carbons (Fsp3) is 0.385. The minimum atomic E-state index is -1.43. The molecule has 2 atom stereocenters. The third kappa shape index (κ3) is 2.34. The Balaban J connectivity index is 3.40. The lowest BCUT2D eigenvalue weighted by Gasteiger charge is -2.32. The number of carbonyl (C=O) groups is 2. The Labute approximate surface area is 110 Å². The van der Waals surface area contributed by atoms with Crippen LogP contribution in [0.5, 0.6) is 0 Å². The van der Waals surface area contributed by atoms with Crippen LogP contribution in [0.3, 0.4) is 0 Å². The highest BCUT2D eigenvalue weighted by molar-refractivity contribution is 6.30. The van der Waals surface area contributed by atoms with E-state index in [1.165, 1.54) is 6.92 Å². The van der Waals surface area contributed by atoms with Crippen molar-refractivity contribution in [3.8, 4) is 0 Å². The summed E-state index contributed by atoms with van der Waals surface area (Å²) in [7, 11) is 0. The quantitative estimate of drug-likeness (QED) is 0.863. The zero-order valence-corrected chi connectivity index (χ0v) is 10.9. The highest BCUT2D eigenvalue weighted by Crippen LogP contribution is 2.37. The molecule has 4 nitrogen and oxygen atoms in total. The van der Waals surface area contributed by atoms with Crippen LogP contribution in [0.1, 0.15) is 25.8 Å². The average Bonchev–Trinajstić information content (AvgIpc) is 2.32. The molecule has 0 aliphatic rings. The van der Waals surface area contributed by atoms with Crippen molar-refractivity contribution < 1.29 is 19.8 Å². The van der Waals surface area contributed by atoms with Crippen molar-refractivity contribution in [2.75, 3.05) is 0 Å². The van der Waals surface area contributed by atoms with Crippen LogP contribution in [0.4, 0.5) is 0 Å². The number of rotatable bonds is 5. The molecule has 0 spiro atoms. The molecule has 98 valence electrons. The van der Waals surface area contributed by atoms with Gasteiger partial charge in [0.1, 0.15) is 5.41 Å². The molecule has 18 heavy (non-hydrogen) atoms. The Hall–Kier alpha value is -1.55. The number of hydrogen-bond acceptors (Lipinski definition) is 2. The van der Waals surface area contributed by atoms with Crippen molar-refractivity contribution >= 4 is 23.5 Å². The second-order valence-corrected chi connectivity index (χ2v) is 4.63. The van der Waals surface area contributed by atoms with Gasteiger partial charge in [0.25, 0.3) is 0 Å². The molecule has 1 unspecified atom stereocenters. The molecule has 0 saturated heterocycles. The number of hydrogen-bond donors (Lipinski definition) is 2. The molecule has 2 N–H and O–H groups in total. The number of halogens is 1. The van der Waals surface area contributed by atoms with Gasteiger partial charge in [0.2, 0.25) is 0 Å². The van der Waals surface area contributed by atoms with Crippen LogP contribution in [-0.2, 0) is 15.0 Å². The molecule has 0 aromatic heterocycles. The fourth-order valence-corrected chi connectivity index (χ4v) is 2.30. The minimum absolute atomic E-state index is 0.192. The Bertz CT molecular complexity index is 455. The van der Waals surface area contributed by atoms with Gasteiger partial charge in [-0.05, 0) is 24.1 Å². The van der Waals surface area contributed by atoms with Gasteiger partial charge >= 0.3 is 11.9 Å². The van der Waals surface area contributed by atoms with Gasteiger partial charge in [0.15, 0.2) is 0 Å². The second-order valence-electron chi connectivity index (χ2n) is 4.20. The molecule has 0 fully saturated rings. The SMILES string of the molecule is CC[C@@](C(=O)O)(c1ccc(Cl)cc1)C(C)C(=O)O. The molecule has 5 heteroatoms. The summed E-state index contributed by atoms with van der Waals surface area (Å²) >= 11 is 5.76. The molecule has 0 bridgehead atoms. The fourth-order valence-electron chi connectivity index (χ4n) is 2.18. The highest BCUT2D eigenvalue weighted by Gasteiger charge is 2.47. The molecule has 0 aliphatic heterocycles. The van der Waals surface area contributed by atoms with E-state index in [1.54, 1.807) is 31.2 Å². The first-order chi connectivity index (χ1) is 8.36. The molecule has 1 rings (SSSR count). The monoisotopic (exact) mass is 270 g/mol. The summed E-state index contributed by atoms with van der Waals surface area (Å²) in [5.41, 5.74) is -0.979. The van der Waals surface area contributed by atoms with Crippen molar-refractivity contribution in [3.05, 3.63) is 34.9 Å². The van der Waals surface area contributed by atoms with Crippen LogP contribution in [-0.4, -0.2) is 22.2 Å². The van der Waals surface area contributed by atoms with E-state index in [0.29, 0.717) is 10.6 Å². The van der Waals surface area contributed by atoms with E-state index >= 15 is 0 Å². The summed E-state index contributed by atoms with van der Waals surface area (Å²) in [4.78, 5) is 22.7. The van der Waals surface area contributed by atoms with Crippen LogP contribution < -0.4 is 0 Å². The van der Waals surface area contributed by atoms with E-state index in [9.17, 15) is 14.7 Å². The first-order valence-electron chi connectivity index (χ1n) is 5.58. The largest absolute Gasteiger partial charge is 0.481 e. The van der Waals surface area contributed by atoms with Gasteiger partial charge in [0, 0.05) is 5.02 Å². The normalized spacial score (nSPS) is 15.7. The Morgan fingerprint density at radius 3 is 2.11 bits per heavy atom. The predicted octanol–water partition coefficient (Wildman–Crippen LogP) is 2.79. The van der Waals surface area contributed by atoms with Crippen LogP contribution >= 0.6 is 11.6 Å². The van der Waals surface area contributed by atoms with E-state index in [-0.39, 0.29) is 6.42 Å². The third-order valence-corrected chi connectivity index (χ3v) is 3.66. The van der Waals surface area contributed by atoms with Gasteiger partial charge in [-0.2, -0.15) is 0 Å². The van der Waals surface area contributed by atoms with Gasteiger partial charge in [-0.15, -0.1) is 0 Å². The maximum absolute atomic E-state index is 11.6. The van der Waals surface area contributed by atoms with Crippen LogP contribution in [0.15, 0.2) is 24.3 Å². The van der Waals surface area contributed by atoms with Gasteiger partial charge in [0.05, 0.1) is 5.92 Å². The predicted molar refractivity (Wildman–Crippen MR) is 67.9 cm³/mol. The lowest BCUT2D eigenvalue weighted by molar-refractivity contribution is -0.155. The smallest absolute Gasteiger partial charge is 0.314 e. The summed E-state index contributed by atoms with van der Waals surface area (Å²) in [5.74, 6) is -3.29. The van der Waals surface area contributed by atoms with Crippen molar-refractivity contribution in [1.82, 2.24) is 0 Å². The van der Waals surface area contributed by atoms with Gasteiger partial charge < -0.3 is 10.2 Å².